The predicted molar refractivity (Wildman–Crippen MR) is 80.8 cm³/mol. The van der Waals surface area contributed by atoms with Gasteiger partial charge >= 0.3 is 12.0 Å². The monoisotopic (exact) mass is 374 g/mol. The van der Waals surface area contributed by atoms with Crippen molar-refractivity contribution in [3.63, 3.8) is 0 Å². The van der Waals surface area contributed by atoms with Crippen LogP contribution in [0.25, 0.3) is 0 Å². The maximum Gasteiger partial charge on any atom is 0.339 e. The molecule has 0 aliphatic rings. The van der Waals surface area contributed by atoms with Gasteiger partial charge in [0.05, 0.1) is 5.56 Å². The van der Waals surface area contributed by atoms with E-state index in [2.05, 4.69) is 21.2 Å². The molecule has 0 saturated carbocycles. The van der Waals surface area contributed by atoms with E-state index in [0.29, 0.717) is 0 Å². The molecule has 22 heavy (non-hydrogen) atoms. The Morgan fingerprint density at radius 2 is 2.05 bits per heavy atom. The number of esters is 1. The number of ether oxygens (including phenoxy) is 1. The second kappa shape index (κ2) is 8.47. The average Bonchev–Trinajstić information content (AvgIpc) is 2.44. The lowest BCUT2D eigenvalue weighted by molar-refractivity contribution is -0.123. The first-order chi connectivity index (χ1) is 10.3. The molecular formula is C14H16BrFN2O4. The highest BCUT2D eigenvalue weighted by Crippen LogP contribution is 2.18. The van der Waals surface area contributed by atoms with Gasteiger partial charge in [0, 0.05) is 10.5 Å². The summed E-state index contributed by atoms with van der Waals surface area (Å²) < 4.78 is 17.9. The Morgan fingerprint density at radius 3 is 2.64 bits per heavy atom. The lowest BCUT2D eigenvalue weighted by Gasteiger charge is -2.12. The van der Waals surface area contributed by atoms with Gasteiger partial charge in [0.1, 0.15) is 5.82 Å². The minimum Gasteiger partial charge on any atom is -0.452 e. The zero-order valence-electron chi connectivity index (χ0n) is 12.1. The van der Waals surface area contributed by atoms with Crippen molar-refractivity contribution in [2.45, 2.75) is 26.3 Å². The number of amides is 3. The van der Waals surface area contributed by atoms with Crippen LogP contribution in [0.1, 0.15) is 30.6 Å². The van der Waals surface area contributed by atoms with Gasteiger partial charge in [0.25, 0.3) is 5.91 Å². The van der Waals surface area contributed by atoms with Crippen LogP contribution in [0.3, 0.4) is 0 Å². The van der Waals surface area contributed by atoms with Gasteiger partial charge in [-0.2, -0.15) is 0 Å². The maximum atomic E-state index is 12.9. The van der Waals surface area contributed by atoms with E-state index < -0.39 is 30.3 Å². The Balaban J connectivity index is 2.46. The van der Waals surface area contributed by atoms with Gasteiger partial charge in [-0.15, -0.1) is 0 Å². The van der Waals surface area contributed by atoms with Crippen LogP contribution in [0.2, 0.25) is 0 Å². The van der Waals surface area contributed by atoms with E-state index in [1.54, 1.807) is 6.92 Å². The zero-order valence-corrected chi connectivity index (χ0v) is 13.7. The van der Waals surface area contributed by atoms with Crippen molar-refractivity contribution in [3.05, 3.63) is 34.1 Å². The summed E-state index contributed by atoms with van der Waals surface area (Å²) in [6.07, 6.45) is 0.717. The molecule has 1 atom stereocenters. The van der Waals surface area contributed by atoms with Crippen LogP contribution in [-0.4, -0.2) is 30.6 Å². The molecule has 3 amide bonds. The van der Waals surface area contributed by atoms with Gasteiger partial charge in [0.15, 0.2) is 6.61 Å². The summed E-state index contributed by atoms with van der Waals surface area (Å²) in [6, 6.07) is 2.70. The standard InChI is InChI=1S/C14H16BrFN2O4/c1-3-8(2)17-14(21)18-12(19)7-22-13(20)10-5-4-9(16)6-11(10)15/h4-6,8H,3,7H2,1-2H3,(H2,17,18,19,21)/t8-/m0/s1. The SMILES string of the molecule is CC[C@H](C)NC(=O)NC(=O)COC(=O)c1ccc(F)cc1Br. The number of nitrogens with one attached hydrogen (secondary N) is 2. The molecule has 0 fully saturated rings. The van der Waals surface area contributed by atoms with Crippen LogP contribution in [0.15, 0.2) is 22.7 Å². The summed E-state index contributed by atoms with van der Waals surface area (Å²) >= 11 is 3.02. The van der Waals surface area contributed by atoms with E-state index in [0.717, 1.165) is 18.6 Å². The molecule has 0 saturated heterocycles. The first kappa shape index (κ1) is 18.1. The summed E-state index contributed by atoms with van der Waals surface area (Å²) in [5.41, 5.74) is 0.0817. The average molecular weight is 375 g/mol. The van der Waals surface area contributed by atoms with Crippen LogP contribution < -0.4 is 10.6 Å². The molecule has 0 heterocycles. The molecular weight excluding hydrogens is 359 g/mol. The topological polar surface area (TPSA) is 84.5 Å². The number of carbonyl (C=O) groups is 3. The maximum absolute atomic E-state index is 12.9. The molecule has 1 aromatic carbocycles. The molecule has 1 rings (SSSR count). The van der Waals surface area contributed by atoms with Crippen LogP contribution in [0.4, 0.5) is 9.18 Å². The molecule has 0 unspecified atom stereocenters. The normalized spacial score (nSPS) is 11.5. The highest BCUT2D eigenvalue weighted by Gasteiger charge is 2.15. The number of halogens is 2. The molecule has 2 N–H and O–H groups in total. The van der Waals surface area contributed by atoms with E-state index in [1.165, 1.54) is 6.07 Å². The molecule has 0 aliphatic heterocycles. The van der Waals surface area contributed by atoms with Crippen molar-refractivity contribution < 1.29 is 23.5 Å². The fourth-order valence-corrected chi connectivity index (χ4v) is 1.90. The summed E-state index contributed by atoms with van der Waals surface area (Å²) in [5, 5.41) is 4.57. The van der Waals surface area contributed by atoms with Gasteiger partial charge in [0.2, 0.25) is 0 Å². The Kier molecular flexibility index (Phi) is 6.97. The van der Waals surface area contributed by atoms with Crippen molar-refractivity contribution in [2.24, 2.45) is 0 Å². The number of rotatable bonds is 5. The molecule has 0 aromatic heterocycles. The molecule has 1 aromatic rings. The Labute approximate surface area is 135 Å². The number of hydrogen-bond donors (Lipinski definition) is 2. The van der Waals surface area contributed by atoms with Crippen LogP contribution in [0, 0.1) is 5.82 Å². The first-order valence-electron chi connectivity index (χ1n) is 6.56. The van der Waals surface area contributed by atoms with Gasteiger partial charge < -0.3 is 10.1 Å². The second-order valence-corrected chi connectivity index (χ2v) is 5.39. The zero-order chi connectivity index (χ0) is 16.7. The summed E-state index contributed by atoms with van der Waals surface area (Å²) in [6.45, 7) is 3.06. The third-order valence-corrected chi connectivity index (χ3v) is 3.38. The van der Waals surface area contributed by atoms with E-state index in [1.807, 2.05) is 12.2 Å². The highest BCUT2D eigenvalue weighted by molar-refractivity contribution is 9.10. The lowest BCUT2D eigenvalue weighted by Crippen LogP contribution is -2.44. The molecule has 8 heteroatoms. The minimum absolute atomic E-state index is 0.0782. The quantitative estimate of drug-likeness (QED) is 0.774. The Bertz CT molecular complexity index is 580. The lowest BCUT2D eigenvalue weighted by atomic mass is 10.2. The van der Waals surface area contributed by atoms with Crippen molar-refractivity contribution in [1.82, 2.24) is 10.6 Å². The van der Waals surface area contributed by atoms with Crippen molar-refractivity contribution in [2.75, 3.05) is 6.61 Å². The molecule has 0 bridgehead atoms. The van der Waals surface area contributed by atoms with E-state index >= 15 is 0 Å². The first-order valence-corrected chi connectivity index (χ1v) is 7.35. The smallest absolute Gasteiger partial charge is 0.339 e. The van der Waals surface area contributed by atoms with Crippen molar-refractivity contribution >= 4 is 33.8 Å². The molecule has 120 valence electrons. The summed E-state index contributed by atoms with van der Waals surface area (Å²) in [4.78, 5) is 34.6. The highest BCUT2D eigenvalue weighted by atomic mass is 79.9. The summed E-state index contributed by atoms with van der Waals surface area (Å²) in [5.74, 6) is -2.07. The van der Waals surface area contributed by atoms with Crippen LogP contribution in [0.5, 0.6) is 0 Å². The van der Waals surface area contributed by atoms with Crippen molar-refractivity contribution in [1.29, 1.82) is 0 Å². The van der Waals surface area contributed by atoms with E-state index in [9.17, 15) is 18.8 Å². The molecule has 0 radical (unpaired) electrons. The van der Waals surface area contributed by atoms with Crippen molar-refractivity contribution in [3.8, 4) is 0 Å². The fourth-order valence-electron chi connectivity index (χ4n) is 1.39. The van der Waals surface area contributed by atoms with Gasteiger partial charge in [-0.3, -0.25) is 10.1 Å². The number of hydrogen-bond acceptors (Lipinski definition) is 4. The van der Waals surface area contributed by atoms with E-state index in [4.69, 9.17) is 4.74 Å². The largest absolute Gasteiger partial charge is 0.452 e. The molecule has 0 aliphatic carbocycles. The number of carbonyl (C=O) groups excluding carboxylic acids is 3. The second-order valence-electron chi connectivity index (χ2n) is 4.53. The van der Waals surface area contributed by atoms with Gasteiger partial charge in [-0.05, 0) is 47.5 Å². The van der Waals surface area contributed by atoms with Crippen LogP contribution in [-0.2, 0) is 9.53 Å². The third-order valence-electron chi connectivity index (χ3n) is 2.73. The summed E-state index contributed by atoms with van der Waals surface area (Å²) in [7, 11) is 0. The molecule has 0 spiro atoms. The van der Waals surface area contributed by atoms with Gasteiger partial charge in [-0.25, -0.2) is 14.0 Å². The minimum atomic E-state index is -0.802. The predicted octanol–water partition coefficient (Wildman–Crippen LogP) is 2.37. The Morgan fingerprint density at radius 1 is 1.36 bits per heavy atom. The van der Waals surface area contributed by atoms with Gasteiger partial charge in [-0.1, -0.05) is 6.92 Å². The van der Waals surface area contributed by atoms with Crippen LogP contribution >= 0.6 is 15.9 Å². The number of benzene rings is 1. The number of imide groups is 1. The number of urea groups is 1. The fraction of sp³-hybridized carbons (Fsp3) is 0.357. The Hall–Kier alpha value is -1.96. The van der Waals surface area contributed by atoms with E-state index in [-0.39, 0.29) is 16.1 Å². The third kappa shape index (κ3) is 5.80. The molecule has 6 nitrogen and oxygen atoms in total.